The maximum Gasteiger partial charge on any atom is 0.123 e. The Morgan fingerprint density at radius 3 is 2.59 bits per heavy atom. The van der Waals surface area contributed by atoms with Gasteiger partial charge in [-0.05, 0) is 32.3 Å². The summed E-state index contributed by atoms with van der Waals surface area (Å²) in [5, 5.41) is 9.85. The van der Waals surface area contributed by atoms with Gasteiger partial charge in [-0.25, -0.2) is 0 Å². The third-order valence-electron chi connectivity index (χ3n) is 2.68. The predicted molar refractivity (Wildman–Crippen MR) is 69.5 cm³/mol. The second-order valence-corrected chi connectivity index (χ2v) is 4.58. The SMILES string of the molecule is COc1ccc(Cl)cc1C(C(N)CO)N(C)C. The Bertz CT molecular complexity index is 372. The molecule has 5 heteroatoms. The molecule has 4 nitrogen and oxygen atoms in total. The predicted octanol–water partition coefficient (Wildman–Crippen LogP) is 1.27. The van der Waals surface area contributed by atoms with Crippen molar-refractivity contribution in [3.63, 3.8) is 0 Å². The van der Waals surface area contributed by atoms with Gasteiger partial charge in [0.15, 0.2) is 0 Å². The van der Waals surface area contributed by atoms with Crippen LogP contribution in [-0.4, -0.2) is 43.9 Å². The van der Waals surface area contributed by atoms with Gasteiger partial charge >= 0.3 is 0 Å². The summed E-state index contributed by atoms with van der Waals surface area (Å²) in [6.07, 6.45) is 0. The summed E-state index contributed by atoms with van der Waals surface area (Å²) in [5.74, 6) is 0.719. The third kappa shape index (κ3) is 3.33. The third-order valence-corrected chi connectivity index (χ3v) is 2.92. The Balaban J connectivity index is 3.21. The molecule has 0 spiro atoms. The van der Waals surface area contributed by atoms with E-state index in [1.165, 1.54) is 0 Å². The zero-order valence-electron chi connectivity index (χ0n) is 10.4. The Hall–Kier alpha value is -0.810. The zero-order valence-corrected chi connectivity index (χ0v) is 11.1. The van der Waals surface area contributed by atoms with Crippen molar-refractivity contribution in [1.29, 1.82) is 0 Å². The summed E-state index contributed by atoms with van der Waals surface area (Å²) < 4.78 is 5.30. The molecule has 2 unspecified atom stereocenters. The lowest BCUT2D eigenvalue weighted by Gasteiger charge is -2.30. The van der Waals surface area contributed by atoms with Gasteiger partial charge in [0.05, 0.1) is 19.8 Å². The maximum absolute atomic E-state index is 9.22. The number of nitrogens with zero attached hydrogens (tertiary/aromatic N) is 1. The van der Waals surface area contributed by atoms with E-state index in [2.05, 4.69) is 0 Å². The maximum atomic E-state index is 9.22. The van der Waals surface area contributed by atoms with E-state index in [0.29, 0.717) is 5.02 Å². The van der Waals surface area contributed by atoms with Crippen LogP contribution in [0.25, 0.3) is 0 Å². The van der Waals surface area contributed by atoms with Crippen LogP contribution in [0.15, 0.2) is 18.2 Å². The van der Waals surface area contributed by atoms with E-state index in [1.807, 2.05) is 25.1 Å². The molecular formula is C12H19ClN2O2. The highest BCUT2D eigenvalue weighted by Crippen LogP contribution is 2.32. The normalized spacial score (nSPS) is 14.8. The van der Waals surface area contributed by atoms with Crippen LogP contribution in [0.4, 0.5) is 0 Å². The molecule has 0 saturated heterocycles. The lowest BCUT2D eigenvalue weighted by Crippen LogP contribution is -2.40. The fraction of sp³-hybridized carbons (Fsp3) is 0.500. The molecule has 17 heavy (non-hydrogen) atoms. The summed E-state index contributed by atoms with van der Waals surface area (Å²) in [4.78, 5) is 1.94. The second kappa shape index (κ2) is 6.21. The molecule has 0 bridgehead atoms. The molecule has 0 radical (unpaired) electrons. The minimum Gasteiger partial charge on any atom is -0.496 e. The zero-order chi connectivity index (χ0) is 13.0. The van der Waals surface area contributed by atoms with Gasteiger partial charge in [-0.2, -0.15) is 0 Å². The number of hydrogen-bond donors (Lipinski definition) is 2. The van der Waals surface area contributed by atoms with Gasteiger partial charge in [0.1, 0.15) is 5.75 Å². The fourth-order valence-electron chi connectivity index (χ4n) is 1.93. The molecule has 0 amide bonds. The van der Waals surface area contributed by atoms with Crippen LogP contribution in [0.5, 0.6) is 5.75 Å². The van der Waals surface area contributed by atoms with Crippen LogP contribution < -0.4 is 10.5 Å². The number of nitrogens with two attached hydrogens (primary N) is 1. The highest BCUT2D eigenvalue weighted by molar-refractivity contribution is 6.30. The lowest BCUT2D eigenvalue weighted by atomic mass is 9.98. The largest absolute Gasteiger partial charge is 0.496 e. The number of benzene rings is 1. The van der Waals surface area contributed by atoms with Gasteiger partial charge in [0.25, 0.3) is 0 Å². The van der Waals surface area contributed by atoms with E-state index >= 15 is 0 Å². The molecule has 0 aliphatic carbocycles. The number of rotatable bonds is 5. The van der Waals surface area contributed by atoms with Crippen molar-refractivity contribution in [2.45, 2.75) is 12.1 Å². The molecular weight excluding hydrogens is 240 g/mol. The molecule has 0 heterocycles. The van der Waals surface area contributed by atoms with Gasteiger partial charge in [0, 0.05) is 16.6 Å². The first-order valence-corrected chi connectivity index (χ1v) is 5.75. The Labute approximate surface area is 107 Å². The molecule has 0 aromatic heterocycles. The van der Waals surface area contributed by atoms with Crippen molar-refractivity contribution < 1.29 is 9.84 Å². The topological polar surface area (TPSA) is 58.7 Å². The highest BCUT2D eigenvalue weighted by Gasteiger charge is 2.24. The molecule has 96 valence electrons. The summed E-state index contributed by atoms with van der Waals surface area (Å²) in [6.45, 7) is -0.0987. The average molecular weight is 259 g/mol. The van der Waals surface area contributed by atoms with Crippen LogP contribution in [0.1, 0.15) is 11.6 Å². The smallest absolute Gasteiger partial charge is 0.123 e. The number of aliphatic hydroxyl groups excluding tert-OH is 1. The van der Waals surface area contributed by atoms with Crippen molar-refractivity contribution in [3.8, 4) is 5.75 Å². The molecule has 0 saturated carbocycles. The van der Waals surface area contributed by atoms with E-state index < -0.39 is 6.04 Å². The van der Waals surface area contributed by atoms with Gasteiger partial charge in [-0.3, -0.25) is 0 Å². The molecule has 2 atom stereocenters. The van der Waals surface area contributed by atoms with Crippen molar-refractivity contribution in [2.75, 3.05) is 27.8 Å². The first-order chi connectivity index (χ1) is 8.01. The minimum atomic E-state index is -0.391. The summed E-state index contributed by atoms with van der Waals surface area (Å²) in [7, 11) is 5.41. The van der Waals surface area contributed by atoms with Gasteiger partial charge in [-0.1, -0.05) is 11.6 Å². The van der Waals surface area contributed by atoms with Crippen LogP contribution in [-0.2, 0) is 0 Å². The monoisotopic (exact) mass is 258 g/mol. The first kappa shape index (κ1) is 14.3. The molecule has 1 aromatic rings. The standard InChI is InChI=1S/C12H19ClN2O2/c1-15(2)12(10(14)7-16)9-6-8(13)4-5-11(9)17-3/h4-6,10,12,16H,7,14H2,1-3H3. The first-order valence-electron chi connectivity index (χ1n) is 5.37. The van der Waals surface area contributed by atoms with Crippen LogP contribution in [0.3, 0.4) is 0 Å². The Morgan fingerprint density at radius 1 is 1.47 bits per heavy atom. The van der Waals surface area contributed by atoms with Gasteiger partial charge < -0.3 is 20.5 Å². The van der Waals surface area contributed by atoms with E-state index in [-0.39, 0.29) is 12.6 Å². The molecule has 0 aliphatic rings. The van der Waals surface area contributed by atoms with Crippen molar-refractivity contribution in [2.24, 2.45) is 5.73 Å². The van der Waals surface area contributed by atoms with Crippen LogP contribution in [0.2, 0.25) is 5.02 Å². The van der Waals surface area contributed by atoms with E-state index in [9.17, 15) is 5.11 Å². The molecule has 1 aromatic carbocycles. The molecule has 1 rings (SSSR count). The van der Waals surface area contributed by atoms with Crippen molar-refractivity contribution >= 4 is 11.6 Å². The fourth-order valence-corrected chi connectivity index (χ4v) is 2.11. The highest BCUT2D eigenvalue weighted by atomic mass is 35.5. The molecule has 0 aliphatic heterocycles. The van der Waals surface area contributed by atoms with Crippen LogP contribution in [0, 0.1) is 0 Å². The van der Waals surface area contributed by atoms with E-state index in [0.717, 1.165) is 11.3 Å². The van der Waals surface area contributed by atoms with Crippen molar-refractivity contribution in [1.82, 2.24) is 4.90 Å². The van der Waals surface area contributed by atoms with Crippen LogP contribution >= 0.6 is 11.6 Å². The quantitative estimate of drug-likeness (QED) is 0.835. The summed E-state index contributed by atoms with van der Waals surface area (Å²) >= 11 is 5.99. The van der Waals surface area contributed by atoms with Gasteiger partial charge in [-0.15, -0.1) is 0 Å². The van der Waals surface area contributed by atoms with Crippen molar-refractivity contribution in [3.05, 3.63) is 28.8 Å². The summed E-state index contributed by atoms with van der Waals surface area (Å²) in [5.41, 5.74) is 6.81. The number of methoxy groups -OCH3 is 1. The number of ether oxygens (including phenoxy) is 1. The second-order valence-electron chi connectivity index (χ2n) is 4.14. The lowest BCUT2D eigenvalue weighted by molar-refractivity contribution is 0.179. The number of hydrogen-bond acceptors (Lipinski definition) is 4. The van der Waals surface area contributed by atoms with E-state index in [4.69, 9.17) is 22.1 Å². The minimum absolute atomic E-state index is 0.0987. The van der Waals surface area contributed by atoms with Gasteiger partial charge in [0.2, 0.25) is 0 Å². The number of aliphatic hydroxyl groups is 1. The van der Waals surface area contributed by atoms with E-state index in [1.54, 1.807) is 19.2 Å². The Kier molecular flexibility index (Phi) is 5.21. The number of likely N-dealkylation sites (N-methyl/N-ethyl adjacent to an activating group) is 1. The average Bonchev–Trinajstić information content (AvgIpc) is 2.29. The molecule has 3 N–H and O–H groups in total. The summed E-state index contributed by atoms with van der Waals surface area (Å²) in [6, 6.07) is 4.85. The number of halogens is 1. The Morgan fingerprint density at radius 2 is 2.12 bits per heavy atom. The molecule has 0 fully saturated rings.